The molecule has 0 atom stereocenters. The molecule has 0 spiro atoms. The molecule has 2 aromatic rings. The second-order valence-electron chi connectivity index (χ2n) is 4.32. The molecular weight excluding hydrogens is 272 g/mol. The Bertz CT molecular complexity index is 649. The highest BCUT2D eigenvalue weighted by molar-refractivity contribution is 5.86. The third kappa shape index (κ3) is 2.84. The number of methoxy groups -OCH3 is 1. The number of ether oxygens (including phenoxy) is 2. The fraction of sp³-hybridized carbons (Fsp3) is 0.333. The predicted octanol–water partition coefficient (Wildman–Crippen LogP) is 2.68. The van der Waals surface area contributed by atoms with Gasteiger partial charge in [0.1, 0.15) is 11.5 Å². The highest BCUT2D eigenvalue weighted by atomic mass is 16.5. The van der Waals surface area contributed by atoms with E-state index in [-0.39, 0.29) is 5.69 Å². The topological polar surface area (TPSA) is 73.6 Å². The molecule has 0 saturated carbocycles. The number of hydrogen-bond donors (Lipinski definition) is 1. The van der Waals surface area contributed by atoms with Crippen LogP contribution in [0.5, 0.6) is 11.5 Å². The summed E-state index contributed by atoms with van der Waals surface area (Å²) in [5, 5.41) is 9.17. The van der Waals surface area contributed by atoms with Gasteiger partial charge in [0, 0.05) is 12.1 Å². The molecule has 0 saturated heterocycles. The van der Waals surface area contributed by atoms with Gasteiger partial charge in [0.25, 0.3) is 0 Å². The molecule has 1 N–H and O–H groups in total. The molecule has 0 amide bonds. The van der Waals surface area contributed by atoms with Gasteiger partial charge in [0.05, 0.1) is 19.9 Å². The monoisotopic (exact) mass is 290 g/mol. The Morgan fingerprint density at radius 3 is 2.67 bits per heavy atom. The summed E-state index contributed by atoms with van der Waals surface area (Å²) >= 11 is 0. The quantitative estimate of drug-likeness (QED) is 0.885. The van der Waals surface area contributed by atoms with Crippen molar-refractivity contribution in [1.82, 2.24) is 9.55 Å². The normalized spacial score (nSPS) is 10.4. The van der Waals surface area contributed by atoms with E-state index in [9.17, 15) is 9.90 Å². The lowest BCUT2D eigenvalue weighted by atomic mass is 10.2. The van der Waals surface area contributed by atoms with Crippen LogP contribution in [0.25, 0.3) is 11.4 Å². The second kappa shape index (κ2) is 6.30. The zero-order valence-electron chi connectivity index (χ0n) is 12.3. The van der Waals surface area contributed by atoms with E-state index in [1.807, 2.05) is 26.0 Å². The van der Waals surface area contributed by atoms with Gasteiger partial charge in [-0.25, -0.2) is 9.78 Å². The highest BCUT2D eigenvalue weighted by Gasteiger charge is 2.17. The summed E-state index contributed by atoms with van der Waals surface area (Å²) in [7, 11) is 1.58. The van der Waals surface area contributed by atoms with Crippen LogP contribution in [0.1, 0.15) is 24.3 Å². The standard InChI is InChI=1S/C15H18N2O4/c1-4-17-11(15(18)19)9-16-14(17)10-6-7-12(20-3)13(8-10)21-5-2/h6-9H,4-5H2,1-3H3,(H,18,19). The zero-order valence-corrected chi connectivity index (χ0v) is 12.3. The lowest BCUT2D eigenvalue weighted by Crippen LogP contribution is -2.08. The van der Waals surface area contributed by atoms with E-state index in [1.54, 1.807) is 17.7 Å². The van der Waals surface area contributed by atoms with E-state index in [2.05, 4.69) is 4.98 Å². The molecule has 1 aromatic carbocycles. The Labute approximate surface area is 122 Å². The van der Waals surface area contributed by atoms with Crippen LogP contribution in [-0.2, 0) is 6.54 Å². The molecule has 2 rings (SSSR count). The van der Waals surface area contributed by atoms with Gasteiger partial charge in [0.2, 0.25) is 0 Å². The van der Waals surface area contributed by atoms with Crippen molar-refractivity contribution in [3.63, 3.8) is 0 Å². The Kier molecular flexibility index (Phi) is 4.47. The molecule has 0 unspecified atom stereocenters. The molecule has 1 heterocycles. The molecule has 6 nitrogen and oxygen atoms in total. The summed E-state index contributed by atoms with van der Waals surface area (Å²) < 4.78 is 12.4. The molecule has 0 bridgehead atoms. The maximum Gasteiger partial charge on any atom is 0.354 e. The number of carboxylic acid groups (broad SMARTS) is 1. The minimum absolute atomic E-state index is 0.168. The molecule has 1 aromatic heterocycles. The van der Waals surface area contributed by atoms with E-state index in [0.29, 0.717) is 30.5 Å². The van der Waals surface area contributed by atoms with Gasteiger partial charge in [-0.15, -0.1) is 0 Å². The van der Waals surface area contributed by atoms with Crippen molar-refractivity contribution in [1.29, 1.82) is 0 Å². The number of carbonyl (C=O) groups is 1. The van der Waals surface area contributed by atoms with Crippen LogP contribution >= 0.6 is 0 Å². The first-order valence-electron chi connectivity index (χ1n) is 6.72. The number of imidazole rings is 1. The van der Waals surface area contributed by atoms with Gasteiger partial charge in [-0.2, -0.15) is 0 Å². The minimum Gasteiger partial charge on any atom is -0.493 e. The summed E-state index contributed by atoms with van der Waals surface area (Å²) in [6.45, 7) is 4.81. The summed E-state index contributed by atoms with van der Waals surface area (Å²) in [6, 6.07) is 5.43. The Morgan fingerprint density at radius 1 is 1.33 bits per heavy atom. The van der Waals surface area contributed by atoms with E-state index >= 15 is 0 Å². The van der Waals surface area contributed by atoms with Crippen LogP contribution < -0.4 is 9.47 Å². The first kappa shape index (κ1) is 14.9. The van der Waals surface area contributed by atoms with Crippen LogP contribution in [0.3, 0.4) is 0 Å². The van der Waals surface area contributed by atoms with Crippen molar-refractivity contribution in [2.24, 2.45) is 0 Å². The van der Waals surface area contributed by atoms with Gasteiger partial charge in [-0.05, 0) is 32.0 Å². The van der Waals surface area contributed by atoms with Crippen molar-refractivity contribution in [2.45, 2.75) is 20.4 Å². The number of carboxylic acids is 1. The summed E-state index contributed by atoms with van der Waals surface area (Å²) in [5.74, 6) is 0.848. The smallest absolute Gasteiger partial charge is 0.354 e. The van der Waals surface area contributed by atoms with Gasteiger partial charge in [-0.3, -0.25) is 0 Å². The first-order chi connectivity index (χ1) is 10.1. The molecule has 0 aliphatic rings. The average molecular weight is 290 g/mol. The molecule has 112 valence electrons. The second-order valence-corrected chi connectivity index (χ2v) is 4.32. The van der Waals surface area contributed by atoms with Gasteiger partial charge in [-0.1, -0.05) is 0 Å². The van der Waals surface area contributed by atoms with Gasteiger partial charge < -0.3 is 19.1 Å². The van der Waals surface area contributed by atoms with Crippen LogP contribution in [-0.4, -0.2) is 34.3 Å². The van der Waals surface area contributed by atoms with Crippen LogP contribution in [0, 0.1) is 0 Å². The first-order valence-corrected chi connectivity index (χ1v) is 6.72. The fourth-order valence-corrected chi connectivity index (χ4v) is 2.18. The van der Waals surface area contributed by atoms with Crippen LogP contribution in [0.4, 0.5) is 0 Å². The van der Waals surface area contributed by atoms with E-state index < -0.39 is 5.97 Å². The van der Waals surface area contributed by atoms with Gasteiger partial charge >= 0.3 is 5.97 Å². The molecule has 6 heteroatoms. The largest absolute Gasteiger partial charge is 0.493 e. The Hall–Kier alpha value is -2.50. The number of aromatic nitrogens is 2. The van der Waals surface area contributed by atoms with Crippen molar-refractivity contribution >= 4 is 5.97 Å². The van der Waals surface area contributed by atoms with Crippen LogP contribution in [0.15, 0.2) is 24.4 Å². The van der Waals surface area contributed by atoms with Crippen molar-refractivity contribution in [3.05, 3.63) is 30.1 Å². The number of aromatic carboxylic acids is 1. The summed E-state index contributed by atoms with van der Waals surface area (Å²) in [5.41, 5.74) is 0.954. The summed E-state index contributed by atoms with van der Waals surface area (Å²) in [4.78, 5) is 15.4. The van der Waals surface area contributed by atoms with Crippen molar-refractivity contribution < 1.29 is 19.4 Å². The number of nitrogens with zero attached hydrogens (tertiary/aromatic N) is 2. The van der Waals surface area contributed by atoms with E-state index in [1.165, 1.54) is 6.20 Å². The molecule has 0 radical (unpaired) electrons. The predicted molar refractivity (Wildman–Crippen MR) is 78.0 cm³/mol. The highest BCUT2D eigenvalue weighted by Crippen LogP contribution is 2.32. The van der Waals surface area contributed by atoms with Gasteiger partial charge in [0.15, 0.2) is 11.5 Å². The third-order valence-corrected chi connectivity index (χ3v) is 3.11. The molecule has 0 fully saturated rings. The number of rotatable bonds is 6. The van der Waals surface area contributed by atoms with Crippen molar-refractivity contribution in [3.8, 4) is 22.9 Å². The summed E-state index contributed by atoms with van der Waals surface area (Å²) in [6.07, 6.45) is 1.37. The third-order valence-electron chi connectivity index (χ3n) is 3.11. The fourth-order valence-electron chi connectivity index (χ4n) is 2.18. The number of benzene rings is 1. The van der Waals surface area contributed by atoms with E-state index in [4.69, 9.17) is 9.47 Å². The van der Waals surface area contributed by atoms with E-state index in [0.717, 1.165) is 5.56 Å². The van der Waals surface area contributed by atoms with Crippen molar-refractivity contribution in [2.75, 3.05) is 13.7 Å². The average Bonchev–Trinajstić information content (AvgIpc) is 2.91. The number of hydrogen-bond acceptors (Lipinski definition) is 4. The molecule has 0 aliphatic carbocycles. The minimum atomic E-state index is -0.992. The Balaban J connectivity index is 2.51. The molecule has 21 heavy (non-hydrogen) atoms. The lowest BCUT2D eigenvalue weighted by molar-refractivity contribution is 0.0685. The molecule has 0 aliphatic heterocycles. The SMILES string of the molecule is CCOc1cc(-c2ncc(C(=O)O)n2CC)ccc1OC. The Morgan fingerprint density at radius 2 is 2.10 bits per heavy atom. The zero-order chi connectivity index (χ0) is 15.4. The van der Waals surface area contributed by atoms with Crippen LogP contribution in [0.2, 0.25) is 0 Å². The molecular formula is C15H18N2O4. The lowest BCUT2D eigenvalue weighted by Gasteiger charge is -2.12. The maximum atomic E-state index is 11.2. The maximum absolute atomic E-state index is 11.2.